The highest BCUT2D eigenvalue weighted by Crippen LogP contribution is 2.26. The summed E-state index contributed by atoms with van der Waals surface area (Å²) < 4.78 is 5.57. The summed E-state index contributed by atoms with van der Waals surface area (Å²) in [4.78, 5) is 11.7. The van der Waals surface area contributed by atoms with Crippen molar-refractivity contribution in [3.63, 3.8) is 0 Å². The molecule has 1 aliphatic rings. The van der Waals surface area contributed by atoms with E-state index < -0.39 is 0 Å². The molecule has 100 valence electrons. The minimum Gasteiger partial charge on any atom is -0.462 e. The van der Waals surface area contributed by atoms with Gasteiger partial charge in [0.15, 0.2) is 0 Å². The Kier molecular flexibility index (Phi) is 7.30. The predicted octanol–water partition coefficient (Wildman–Crippen LogP) is 4.47. The Morgan fingerprint density at radius 1 is 1.12 bits per heavy atom. The van der Waals surface area contributed by atoms with Gasteiger partial charge in [-0.15, -0.1) is 0 Å². The van der Waals surface area contributed by atoms with Crippen molar-refractivity contribution in [2.75, 3.05) is 0 Å². The van der Waals surface area contributed by atoms with Gasteiger partial charge in [-0.3, -0.25) is 4.79 Å². The van der Waals surface area contributed by atoms with Crippen LogP contribution in [0.5, 0.6) is 0 Å². The lowest BCUT2D eigenvalue weighted by Gasteiger charge is -2.28. The molecule has 0 aromatic carbocycles. The number of esters is 1. The quantitative estimate of drug-likeness (QED) is 0.485. The molecule has 0 bridgehead atoms. The minimum atomic E-state index is 0.0280. The van der Waals surface area contributed by atoms with Gasteiger partial charge in [0.2, 0.25) is 0 Å². The first-order chi connectivity index (χ1) is 8.24. The second-order valence-electron chi connectivity index (χ2n) is 5.45. The van der Waals surface area contributed by atoms with Crippen LogP contribution in [-0.2, 0) is 9.53 Å². The van der Waals surface area contributed by atoms with E-state index in [2.05, 4.69) is 13.8 Å². The monoisotopic (exact) mass is 240 g/mol. The fraction of sp³-hybridized carbons (Fsp3) is 0.933. The number of carbonyl (C=O) groups excluding carboxylic acids is 1. The van der Waals surface area contributed by atoms with Crippen LogP contribution < -0.4 is 0 Å². The third kappa shape index (κ3) is 6.09. The van der Waals surface area contributed by atoms with Gasteiger partial charge in [-0.1, -0.05) is 46.0 Å². The third-order valence-corrected chi connectivity index (χ3v) is 3.80. The molecule has 0 aromatic rings. The Labute approximate surface area is 106 Å². The average Bonchev–Trinajstić information content (AvgIpc) is 2.32. The Hall–Kier alpha value is -0.530. The zero-order valence-electron chi connectivity index (χ0n) is 11.5. The molecule has 0 aromatic heterocycles. The molecule has 0 heterocycles. The van der Waals surface area contributed by atoms with Gasteiger partial charge in [0, 0.05) is 6.42 Å². The lowest BCUT2D eigenvalue weighted by atomic mass is 9.88. The Balaban J connectivity index is 2.07. The van der Waals surface area contributed by atoms with Gasteiger partial charge in [-0.05, 0) is 31.6 Å². The van der Waals surface area contributed by atoms with E-state index in [-0.39, 0.29) is 12.1 Å². The zero-order chi connectivity index (χ0) is 12.5. The van der Waals surface area contributed by atoms with Crippen molar-refractivity contribution in [3.8, 4) is 0 Å². The molecule has 1 rings (SSSR count). The third-order valence-electron chi connectivity index (χ3n) is 3.80. The van der Waals surface area contributed by atoms with Gasteiger partial charge < -0.3 is 4.74 Å². The largest absolute Gasteiger partial charge is 0.462 e. The summed E-state index contributed by atoms with van der Waals surface area (Å²) in [6, 6.07) is 0. The SMILES string of the molecule is CCCCCCCC(=O)O[C@H]1CCCC[C@H]1C. The standard InChI is InChI=1S/C15H28O2/c1-3-4-5-6-7-12-15(16)17-14-11-9-8-10-13(14)2/h13-14H,3-12H2,1-2H3/t13-,14+/m1/s1. The fourth-order valence-electron chi connectivity index (χ4n) is 2.56. The maximum absolute atomic E-state index is 11.7. The maximum Gasteiger partial charge on any atom is 0.306 e. The van der Waals surface area contributed by atoms with Crippen LogP contribution >= 0.6 is 0 Å². The smallest absolute Gasteiger partial charge is 0.306 e. The van der Waals surface area contributed by atoms with Crippen LogP contribution in [0.15, 0.2) is 0 Å². The maximum atomic E-state index is 11.7. The van der Waals surface area contributed by atoms with Crippen molar-refractivity contribution < 1.29 is 9.53 Å². The van der Waals surface area contributed by atoms with E-state index in [1.165, 1.54) is 44.9 Å². The molecule has 0 spiro atoms. The van der Waals surface area contributed by atoms with Crippen LogP contribution in [0.4, 0.5) is 0 Å². The average molecular weight is 240 g/mol. The van der Waals surface area contributed by atoms with Gasteiger partial charge in [-0.25, -0.2) is 0 Å². The van der Waals surface area contributed by atoms with Crippen LogP contribution in [0.2, 0.25) is 0 Å². The van der Waals surface area contributed by atoms with E-state index in [1.54, 1.807) is 0 Å². The van der Waals surface area contributed by atoms with Crippen LogP contribution in [0.25, 0.3) is 0 Å². The summed E-state index contributed by atoms with van der Waals surface area (Å²) in [6.07, 6.45) is 11.6. The second-order valence-corrected chi connectivity index (χ2v) is 5.45. The van der Waals surface area contributed by atoms with E-state index >= 15 is 0 Å². The molecule has 2 atom stereocenters. The van der Waals surface area contributed by atoms with Crippen molar-refractivity contribution in [1.29, 1.82) is 0 Å². The predicted molar refractivity (Wildman–Crippen MR) is 70.9 cm³/mol. The van der Waals surface area contributed by atoms with E-state index in [9.17, 15) is 4.79 Å². The van der Waals surface area contributed by atoms with Crippen LogP contribution in [0.3, 0.4) is 0 Å². The molecule has 0 radical (unpaired) electrons. The summed E-state index contributed by atoms with van der Waals surface area (Å²) in [5.41, 5.74) is 0. The number of ether oxygens (including phenoxy) is 1. The molecule has 1 aliphatic carbocycles. The van der Waals surface area contributed by atoms with E-state index in [0.717, 1.165) is 12.8 Å². The van der Waals surface area contributed by atoms with Crippen LogP contribution in [0, 0.1) is 5.92 Å². The summed E-state index contributed by atoms with van der Waals surface area (Å²) in [6.45, 7) is 4.41. The number of unbranched alkanes of at least 4 members (excludes halogenated alkanes) is 4. The molecule has 1 saturated carbocycles. The normalized spacial score (nSPS) is 24.6. The molecule has 2 heteroatoms. The van der Waals surface area contributed by atoms with Gasteiger partial charge in [0.05, 0.1) is 0 Å². The first kappa shape index (κ1) is 14.5. The summed E-state index contributed by atoms with van der Waals surface area (Å²) >= 11 is 0. The zero-order valence-corrected chi connectivity index (χ0v) is 11.5. The molecule has 0 amide bonds. The number of hydrogen-bond donors (Lipinski definition) is 0. The van der Waals surface area contributed by atoms with Crippen molar-refractivity contribution in [1.82, 2.24) is 0 Å². The molecule has 0 N–H and O–H groups in total. The minimum absolute atomic E-state index is 0.0280. The van der Waals surface area contributed by atoms with Crippen molar-refractivity contribution in [2.45, 2.75) is 84.2 Å². The molecule has 2 nitrogen and oxygen atoms in total. The number of carbonyl (C=O) groups is 1. The van der Waals surface area contributed by atoms with Crippen molar-refractivity contribution >= 4 is 5.97 Å². The topological polar surface area (TPSA) is 26.3 Å². The molecule has 0 aliphatic heterocycles. The lowest BCUT2D eigenvalue weighted by molar-refractivity contribution is -0.153. The first-order valence-corrected chi connectivity index (χ1v) is 7.43. The van der Waals surface area contributed by atoms with Crippen molar-refractivity contribution in [2.24, 2.45) is 5.92 Å². The molecule has 0 saturated heterocycles. The van der Waals surface area contributed by atoms with E-state index in [4.69, 9.17) is 4.74 Å². The summed E-state index contributed by atoms with van der Waals surface area (Å²) in [7, 11) is 0. The number of rotatable bonds is 7. The van der Waals surface area contributed by atoms with Gasteiger partial charge in [0.25, 0.3) is 0 Å². The van der Waals surface area contributed by atoms with E-state index in [0.29, 0.717) is 12.3 Å². The molecular weight excluding hydrogens is 212 g/mol. The van der Waals surface area contributed by atoms with Gasteiger partial charge in [-0.2, -0.15) is 0 Å². The fourth-order valence-corrected chi connectivity index (χ4v) is 2.56. The van der Waals surface area contributed by atoms with Gasteiger partial charge in [0.1, 0.15) is 6.10 Å². The second kappa shape index (κ2) is 8.54. The first-order valence-electron chi connectivity index (χ1n) is 7.43. The van der Waals surface area contributed by atoms with E-state index in [1.807, 2.05) is 0 Å². The Morgan fingerprint density at radius 3 is 2.53 bits per heavy atom. The lowest BCUT2D eigenvalue weighted by Crippen LogP contribution is -2.28. The van der Waals surface area contributed by atoms with Crippen molar-refractivity contribution in [3.05, 3.63) is 0 Å². The number of hydrogen-bond acceptors (Lipinski definition) is 2. The Bertz CT molecular complexity index is 213. The molecule has 17 heavy (non-hydrogen) atoms. The molecule has 1 fully saturated rings. The van der Waals surface area contributed by atoms with Gasteiger partial charge >= 0.3 is 5.97 Å². The highest BCUT2D eigenvalue weighted by molar-refractivity contribution is 5.69. The summed E-state index contributed by atoms with van der Waals surface area (Å²) in [5.74, 6) is 0.591. The highest BCUT2D eigenvalue weighted by Gasteiger charge is 2.24. The Morgan fingerprint density at radius 2 is 1.82 bits per heavy atom. The van der Waals surface area contributed by atoms with Crippen LogP contribution in [-0.4, -0.2) is 12.1 Å². The molecule has 0 unspecified atom stereocenters. The summed E-state index contributed by atoms with van der Waals surface area (Å²) in [5, 5.41) is 0. The van der Waals surface area contributed by atoms with Crippen LogP contribution in [0.1, 0.15) is 78.1 Å². The highest BCUT2D eigenvalue weighted by atomic mass is 16.5. The molecular formula is C15H28O2.